The average molecular weight is 893 g/mol. The average Bonchev–Trinajstić information content (AvgIpc) is 3.56. The first kappa shape index (κ1) is 45.0. The van der Waals surface area contributed by atoms with Crippen LogP contribution in [0.3, 0.4) is 0 Å². The number of nitrogens with one attached hydrogen (secondary N) is 2. The van der Waals surface area contributed by atoms with E-state index in [4.69, 9.17) is 19.4 Å². The Morgan fingerprint density at radius 1 is 0.969 bits per heavy atom. The fourth-order valence-corrected chi connectivity index (χ4v) is 10.3. The van der Waals surface area contributed by atoms with Crippen molar-refractivity contribution in [2.45, 2.75) is 100 Å². The van der Waals surface area contributed by atoms with Gasteiger partial charge in [0.15, 0.2) is 0 Å². The van der Waals surface area contributed by atoms with Gasteiger partial charge in [-0.05, 0) is 120 Å². The Morgan fingerprint density at radius 3 is 2.41 bits per heavy atom. The summed E-state index contributed by atoms with van der Waals surface area (Å²) in [5, 5.41) is 16.0. The molecule has 3 fully saturated rings. The molecule has 2 amide bonds. The fourth-order valence-electron chi connectivity index (χ4n) is 9.47. The van der Waals surface area contributed by atoms with Crippen LogP contribution in [0.15, 0.2) is 83.0 Å². The lowest BCUT2D eigenvalue weighted by Crippen LogP contribution is -2.55. The van der Waals surface area contributed by atoms with E-state index in [1.165, 1.54) is 23.4 Å². The maximum Gasteiger partial charge on any atom is 0.407 e. The zero-order chi connectivity index (χ0) is 45.2. The summed E-state index contributed by atoms with van der Waals surface area (Å²) in [5.74, 6) is -1.06. The van der Waals surface area contributed by atoms with E-state index in [1.54, 1.807) is 36.7 Å². The van der Waals surface area contributed by atoms with Crippen molar-refractivity contribution in [3.05, 3.63) is 101 Å². The topological polar surface area (TPSA) is 162 Å². The summed E-state index contributed by atoms with van der Waals surface area (Å²) < 4.78 is 27.2. The predicted octanol–water partition coefficient (Wildman–Crippen LogP) is 8.08. The van der Waals surface area contributed by atoms with Crippen LogP contribution in [0, 0.1) is 18.2 Å². The number of nitrogens with zero attached hydrogens (tertiary/aromatic N) is 6. The van der Waals surface area contributed by atoms with Crippen molar-refractivity contribution in [3.8, 4) is 0 Å². The minimum absolute atomic E-state index is 0.0542. The van der Waals surface area contributed by atoms with E-state index in [0.29, 0.717) is 42.1 Å². The molecular formula is C48H57FN8O6S. The normalized spacial score (nSPS) is 20.5. The largest absolute Gasteiger partial charge is 0.477 e. The summed E-state index contributed by atoms with van der Waals surface area (Å²) in [5.41, 5.74) is 3.54. The fraction of sp³-hybridized carbons (Fsp3) is 0.458. The molecule has 0 bridgehead atoms. The van der Waals surface area contributed by atoms with Crippen LogP contribution < -0.4 is 20.4 Å². The summed E-state index contributed by atoms with van der Waals surface area (Å²) in [6.07, 6.45) is 9.55. The maximum atomic E-state index is 15.6. The minimum Gasteiger partial charge on any atom is -0.477 e. The summed E-state index contributed by atoms with van der Waals surface area (Å²) in [4.78, 5) is 58.6. The predicted molar refractivity (Wildman–Crippen MR) is 245 cm³/mol. The van der Waals surface area contributed by atoms with Gasteiger partial charge in [0.2, 0.25) is 0 Å². The Kier molecular flexibility index (Phi) is 13.3. The first-order valence-electron chi connectivity index (χ1n) is 22.1. The number of ether oxygens (including phenoxy) is 2. The molecular weight excluding hydrogens is 836 g/mol. The van der Waals surface area contributed by atoms with Crippen LogP contribution >= 0.6 is 11.8 Å². The molecule has 0 saturated carbocycles. The number of aryl methyl sites for hydroxylation is 1. The van der Waals surface area contributed by atoms with Gasteiger partial charge in [-0.15, -0.1) is 0 Å². The molecule has 64 heavy (non-hydrogen) atoms. The zero-order valence-electron chi connectivity index (χ0n) is 37.1. The highest BCUT2D eigenvalue weighted by atomic mass is 32.2. The zero-order valence-corrected chi connectivity index (χ0v) is 37.9. The number of hydrogen-bond acceptors (Lipinski definition) is 12. The van der Waals surface area contributed by atoms with Crippen molar-refractivity contribution in [3.63, 3.8) is 0 Å². The Labute approximate surface area is 378 Å². The quantitative estimate of drug-likeness (QED) is 0.140. The Bertz CT molecular complexity index is 2390. The number of benzene rings is 2. The van der Waals surface area contributed by atoms with Crippen LogP contribution in [0.2, 0.25) is 0 Å². The number of carbonyl (C=O) groups is 3. The highest BCUT2D eigenvalue weighted by Gasteiger charge is 2.50. The molecule has 4 aromatic rings. The molecule has 2 atom stereocenters. The van der Waals surface area contributed by atoms with Crippen LogP contribution in [-0.2, 0) is 9.47 Å². The lowest BCUT2D eigenvalue weighted by atomic mass is 9.73. The van der Waals surface area contributed by atoms with Gasteiger partial charge in [0.25, 0.3) is 5.91 Å². The molecule has 2 aromatic heterocycles. The number of hydrogen-bond donors (Lipinski definition) is 3. The second kappa shape index (κ2) is 18.9. The van der Waals surface area contributed by atoms with Gasteiger partial charge in [-0.3, -0.25) is 9.69 Å². The van der Waals surface area contributed by atoms with Crippen molar-refractivity contribution in [2.24, 2.45) is 5.41 Å². The lowest BCUT2D eigenvalue weighted by Gasteiger charge is -2.42. The van der Waals surface area contributed by atoms with Crippen molar-refractivity contribution in [1.82, 2.24) is 25.2 Å². The van der Waals surface area contributed by atoms with Gasteiger partial charge in [-0.2, -0.15) is 0 Å². The van der Waals surface area contributed by atoms with Crippen LogP contribution in [0.5, 0.6) is 0 Å². The Balaban J connectivity index is 0.803. The molecule has 3 saturated heterocycles. The van der Waals surface area contributed by atoms with Gasteiger partial charge in [0, 0.05) is 72.6 Å². The van der Waals surface area contributed by atoms with E-state index in [9.17, 15) is 19.5 Å². The van der Waals surface area contributed by atoms with Gasteiger partial charge in [0.1, 0.15) is 28.0 Å². The number of carbonyl (C=O) groups excluding carboxylic acids is 2. The third-order valence-electron chi connectivity index (χ3n) is 12.9. The van der Waals surface area contributed by atoms with Crippen molar-refractivity contribution < 1.29 is 33.4 Å². The van der Waals surface area contributed by atoms with E-state index in [1.807, 2.05) is 58.9 Å². The second-order valence-corrected chi connectivity index (χ2v) is 19.4. The van der Waals surface area contributed by atoms with Crippen molar-refractivity contribution in [1.29, 1.82) is 0 Å². The van der Waals surface area contributed by atoms with E-state index < -0.39 is 29.4 Å². The monoisotopic (exact) mass is 892 g/mol. The number of pyridine rings is 1. The van der Waals surface area contributed by atoms with E-state index >= 15 is 4.39 Å². The Morgan fingerprint density at radius 2 is 1.75 bits per heavy atom. The van der Waals surface area contributed by atoms with Gasteiger partial charge in [0.05, 0.1) is 36.8 Å². The van der Waals surface area contributed by atoms with Crippen LogP contribution in [0.1, 0.15) is 91.9 Å². The molecule has 4 aliphatic rings. The number of rotatable bonds is 10. The van der Waals surface area contributed by atoms with Gasteiger partial charge in [-0.1, -0.05) is 30.0 Å². The number of halogens is 1. The van der Waals surface area contributed by atoms with Crippen LogP contribution in [0.4, 0.5) is 26.4 Å². The first-order valence-corrected chi connectivity index (χ1v) is 22.9. The van der Waals surface area contributed by atoms with Crippen LogP contribution in [-0.4, -0.2) is 113 Å². The third kappa shape index (κ3) is 10.3. The molecule has 8 rings (SSSR count). The number of anilines is 3. The summed E-state index contributed by atoms with van der Waals surface area (Å²) in [7, 11) is 0. The van der Waals surface area contributed by atoms with Gasteiger partial charge >= 0.3 is 12.1 Å². The number of carboxylic acids is 1. The lowest BCUT2D eigenvalue weighted by molar-refractivity contribution is 0.0433. The van der Waals surface area contributed by atoms with E-state index in [2.05, 4.69) is 36.4 Å². The number of aromatic nitrogens is 3. The molecule has 0 radical (unpaired) electrons. The SMILES string of the molecule is Cc1nc(C(=O)O)ccc1C1=CCN(C2CCN(c3ccc(C(=O)Nc4cccc(Sc5cnc(N6CCC7(CC6)CO[C@@H](C)[C@H]7NC(=O)OC(C)(C)C)cn5)c4)cc3F)CC2)CC1. The van der Waals surface area contributed by atoms with Crippen molar-refractivity contribution >= 4 is 52.5 Å². The van der Waals surface area contributed by atoms with E-state index in [0.717, 1.165) is 80.3 Å². The molecule has 2 aromatic carbocycles. The van der Waals surface area contributed by atoms with Crippen molar-refractivity contribution in [2.75, 3.05) is 61.0 Å². The Hall–Kier alpha value is -5.58. The number of aromatic carboxylic acids is 1. The highest BCUT2D eigenvalue weighted by Crippen LogP contribution is 2.43. The molecule has 3 N–H and O–H groups in total. The molecule has 0 unspecified atom stereocenters. The van der Waals surface area contributed by atoms with E-state index in [-0.39, 0.29) is 28.8 Å². The summed E-state index contributed by atoms with van der Waals surface area (Å²) in [6.45, 7) is 14.6. The molecule has 6 heterocycles. The number of alkyl carbamates (subject to hydrolysis) is 1. The van der Waals surface area contributed by atoms with Gasteiger partial charge < -0.3 is 35.0 Å². The molecule has 14 nitrogen and oxygen atoms in total. The molecule has 0 aliphatic carbocycles. The van der Waals surface area contributed by atoms with Gasteiger partial charge in [-0.25, -0.2) is 28.9 Å². The molecule has 338 valence electrons. The van der Waals surface area contributed by atoms with Crippen LogP contribution in [0.25, 0.3) is 5.57 Å². The maximum absolute atomic E-state index is 15.6. The standard InChI is InChI=1S/C48H57FN8O6S/c1-30-37(10-11-39(52-30)45(59)60)32-13-19-55(20-14-32)35-15-21-56(22-16-35)40-12-9-33(25-38(40)49)44(58)53-34-7-6-8-36(26-34)64-42-28-50-41(27-51-42)57-23-17-48(18-24-57)29-62-31(2)43(48)54-46(61)63-47(3,4)5/h6-13,25-28,31,35,43H,14-24,29H2,1-5H3,(H,53,58)(H,54,61)(H,59,60)/t31-,43+/m0/s1. The minimum atomic E-state index is -1.03. The summed E-state index contributed by atoms with van der Waals surface area (Å²) in [6, 6.07) is 15.8. The number of amides is 2. The smallest absolute Gasteiger partial charge is 0.407 e. The third-order valence-corrected chi connectivity index (χ3v) is 13.8. The molecule has 4 aliphatic heterocycles. The number of carboxylic acid groups (broad SMARTS) is 1. The summed E-state index contributed by atoms with van der Waals surface area (Å²) >= 11 is 1.43. The second-order valence-electron chi connectivity index (χ2n) is 18.3. The first-order chi connectivity index (χ1) is 30.6. The molecule has 16 heteroatoms. The molecule has 1 spiro atoms. The number of piperidine rings is 2. The highest BCUT2D eigenvalue weighted by molar-refractivity contribution is 7.99.